The highest BCUT2D eigenvalue weighted by Crippen LogP contribution is 2.37. The second kappa shape index (κ2) is 6.06. The van der Waals surface area contributed by atoms with Crippen molar-refractivity contribution in [2.75, 3.05) is 18.4 Å². The van der Waals surface area contributed by atoms with Crippen LogP contribution in [0.15, 0.2) is 18.2 Å². The number of amides is 2. The van der Waals surface area contributed by atoms with Crippen LogP contribution in [0.3, 0.4) is 0 Å². The molecule has 0 radical (unpaired) electrons. The molecule has 2 bridgehead atoms. The summed E-state index contributed by atoms with van der Waals surface area (Å²) in [6.07, 6.45) is 4.29. The lowest BCUT2D eigenvalue weighted by Crippen LogP contribution is -2.52. The van der Waals surface area contributed by atoms with Crippen molar-refractivity contribution in [1.29, 1.82) is 0 Å². The average molecular weight is 367 g/mol. The number of hydrogen-bond donors (Lipinski definition) is 2. The van der Waals surface area contributed by atoms with Gasteiger partial charge in [0, 0.05) is 29.9 Å². The van der Waals surface area contributed by atoms with E-state index in [1.54, 1.807) is 22.5 Å². The summed E-state index contributed by atoms with van der Waals surface area (Å²) < 4.78 is 36.0. The van der Waals surface area contributed by atoms with Gasteiger partial charge in [-0.15, -0.1) is 0 Å². The number of nitrogens with zero attached hydrogens (tertiary/aromatic N) is 1. The molecule has 0 aromatic heterocycles. The predicted molar refractivity (Wildman–Crippen MR) is 91.2 cm³/mol. The number of benzene rings is 1. The summed E-state index contributed by atoms with van der Waals surface area (Å²) in [6.45, 7) is 0.187. The van der Waals surface area contributed by atoms with E-state index in [1.165, 1.54) is 6.26 Å². The molecule has 3 heterocycles. The summed E-state index contributed by atoms with van der Waals surface area (Å²) in [4.78, 5) is 12.3. The van der Waals surface area contributed by atoms with Gasteiger partial charge in [-0.2, -0.15) is 4.31 Å². The molecular weight excluding hydrogens is 346 g/mol. The molecule has 2 N–H and O–H groups in total. The molecule has 2 saturated heterocycles. The number of anilines is 1. The maximum Gasteiger partial charge on any atom is 0.319 e. The normalized spacial score (nSPS) is 28.0. The van der Waals surface area contributed by atoms with Crippen LogP contribution in [-0.4, -0.2) is 49.9 Å². The van der Waals surface area contributed by atoms with E-state index in [1.807, 2.05) is 0 Å². The van der Waals surface area contributed by atoms with Gasteiger partial charge in [-0.25, -0.2) is 13.2 Å². The first-order valence-corrected chi connectivity index (χ1v) is 10.2. The maximum absolute atomic E-state index is 12.3. The van der Waals surface area contributed by atoms with Gasteiger partial charge in [0.2, 0.25) is 16.8 Å². The van der Waals surface area contributed by atoms with Crippen molar-refractivity contribution in [3.8, 4) is 11.5 Å². The first kappa shape index (κ1) is 16.5. The van der Waals surface area contributed by atoms with Crippen molar-refractivity contribution >= 4 is 21.7 Å². The second-order valence-corrected chi connectivity index (χ2v) is 8.70. The first-order chi connectivity index (χ1) is 11.9. The molecule has 2 unspecified atom stereocenters. The Morgan fingerprint density at radius 2 is 1.84 bits per heavy atom. The van der Waals surface area contributed by atoms with Crippen LogP contribution in [0.4, 0.5) is 10.5 Å². The Bertz CT molecular complexity index is 783. The van der Waals surface area contributed by atoms with Gasteiger partial charge in [0.25, 0.3) is 0 Å². The lowest BCUT2D eigenvalue weighted by molar-refractivity contribution is 0.174. The summed E-state index contributed by atoms with van der Waals surface area (Å²) in [5, 5.41) is 5.76. The van der Waals surface area contributed by atoms with Crippen molar-refractivity contribution in [2.24, 2.45) is 0 Å². The van der Waals surface area contributed by atoms with Crippen LogP contribution in [-0.2, 0) is 10.0 Å². The van der Waals surface area contributed by atoms with Gasteiger partial charge in [0.1, 0.15) is 0 Å². The highest BCUT2D eigenvalue weighted by molar-refractivity contribution is 7.88. The molecule has 25 heavy (non-hydrogen) atoms. The number of urea groups is 1. The van der Waals surface area contributed by atoms with Crippen molar-refractivity contribution in [1.82, 2.24) is 9.62 Å². The Morgan fingerprint density at radius 3 is 2.52 bits per heavy atom. The largest absolute Gasteiger partial charge is 0.454 e. The Balaban J connectivity index is 1.36. The zero-order valence-corrected chi connectivity index (χ0v) is 14.7. The molecule has 1 aromatic carbocycles. The zero-order chi connectivity index (χ0) is 17.6. The van der Waals surface area contributed by atoms with E-state index in [-0.39, 0.29) is 30.9 Å². The van der Waals surface area contributed by atoms with E-state index in [4.69, 9.17) is 9.47 Å². The van der Waals surface area contributed by atoms with Gasteiger partial charge < -0.3 is 20.1 Å². The highest BCUT2D eigenvalue weighted by Gasteiger charge is 2.45. The van der Waals surface area contributed by atoms with E-state index in [2.05, 4.69) is 10.6 Å². The predicted octanol–water partition coefficient (Wildman–Crippen LogP) is 1.49. The van der Waals surface area contributed by atoms with E-state index in [9.17, 15) is 13.2 Å². The maximum atomic E-state index is 12.3. The number of carbonyl (C=O) groups is 1. The third-order valence-electron chi connectivity index (χ3n) is 5.01. The number of nitrogens with one attached hydrogen (secondary N) is 2. The molecule has 0 saturated carbocycles. The number of fused-ring (bicyclic) bond motifs is 3. The van der Waals surface area contributed by atoms with Gasteiger partial charge >= 0.3 is 6.03 Å². The summed E-state index contributed by atoms with van der Waals surface area (Å²) in [6, 6.07) is 4.89. The standard InChI is InChI=1S/C16H21N3O5S/c1-25(21,22)19-12-3-4-13(19)7-11(6-12)18-16(20)17-10-2-5-14-15(8-10)24-9-23-14/h2,5,8,11-13H,3-4,6-7,9H2,1H3,(H2,17,18,20). The summed E-state index contributed by atoms with van der Waals surface area (Å²) >= 11 is 0. The lowest BCUT2D eigenvalue weighted by Gasteiger charge is -2.37. The van der Waals surface area contributed by atoms with Crippen LogP contribution in [0, 0.1) is 0 Å². The van der Waals surface area contributed by atoms with Gasteiger partial charge in [0.05, 0.1) is 6.26 Å². The molecule has 1 aromatic rings. The van der Waals surface area contributed by atoms with E-state index >= 15 is 0 Å². The number of sulfonamides is 1. The van der Waals surface area contributed by atoms with Crippen molar-refractivity contribution in [3.05, 3.63) is 18.2 Å². The fourth-order valence-electron chi connectivity index (χ4n) is 4.12. The van der Waals surface area contributed by atoms with Crippen molar-refractivity contribution in [3.63, 3.8) is 0 Å². The van der Waals surface area contributed by atoms with Crippen LogP contribution in [0.25, 0.3) is 0 Å². The van der Waals surface area contributed by atoms with Crippen LogP contribution >= 0.6 is 0 Å². The minimum Gasteiger partial charge on any atom is -0.454 e. The third-order valence-corrected chi connectivity index (χ3v) is 6.38. The van der Waals surface area contributed by atoms with Crippen molar-refractivity contribution in [2.45, 2.75) is 43.8 Å². The highest BCUT2D eigenvalue weighted by atomic mass is 32.2. The molecule has 8 nitrogen and oxygen atoms in total. The fourth-order valence-corrected chi connectivity index (χ4v) is 5.59. The van der Waals surface area contributed by atoms with Crippen LogP contribution in [0.5, 0.6) is 11.5 Å². The Morgan fingerprint density at radius 1 is 1.16 bits per heavy atom. The van der Waals surface area contributed by atoms with Gasteiger partial charge in [-0.05, 0) is 37.8 Å². The quantitative estimate of drug-likeness (QED) is 0.844. The van der Waals surface area contributed by atoms with Crippen LogP contribution in [0.2, 0.25) is 0 Å². The SMILES string of the molecule is CS(=O)(=O)N1C2CCC1CC(NC(=O)Nc1ccc3c(c1)OCO3)C2. The molecule has 0 aliphatic carbocycles. The lowest BCUT2D eigenvalue weighted by atomic mass is 10.00. The van der Waals surface area contributed by atoms with E-state index in [0.29, 0.717) is 30.0 Å². The minimum absolute atomic E-state index is 0.00964. The summed E-state index contributed by atoms with van der Waals surface area (Å²) in [5.74, 6) is 1.27. The molecule has 3 aliphatic rings. The first-order valence-electron chi connectivity index (χ1n) is 8.36. The molecular formula is C16H21N3O5S. The Kier molecular flexibility index (Phi) is 3.99. The van der Waals surface area contributed by atoms with E-state index < -0.39 is 10.0 Å². The van der Waals surface area contributed by atoms with Crippen LogP contribution < -0.4 is 20.1 Å². The third kappa shape index (κ3) is 3.25. The second-order valence-electron chi connectivity index (χ2n) is 6.81. The Hall–Kier alpha value is -2.00. The Labute approximate surface area is 146 Å². The van der Waals surface area contributed by atoms with Gasteiger partial charge in [-0.3, -0.25) is 0 Å². The zero-order valence-electron chi connectivity index (χ0n) is 13.9. The summed E-state index contributed by atoms with van der Waals surface area (Å²) in [7, 11) is -3.19. The molecule has 3 aliphatic heterocycles. The molecule has 0 spiro atoms. The molecule has 2 amide bonds. The van der Waals surface area contributed by atoms with Crippen molar-refractivity contribution < 1.29 is 22.7 Å². The number of piperidine rings is 1. The van der Waals surface area contributed by atoms with Crippen LogP contribution in [0.1, 0.15) is 25.7 Å². The van der Waals surface area contributed by atoms with Gasteiger partial charge in [-0.1, -0.05) is 0 Å². The number of ether oxygens (including phenoxy) is 2. The molecule has 2 atom stereocenters. The number of hydrogen-bond acceptors (Lipinski definition) is 5. The minimum atomic E-state index is -3.19. The summed E-state index contributed by atoms with van der Waals surface area (Å²) in [5.41, 5.74) is 0.623. The monoisotopic (exact) mass is 367 g/mol. The average Bonchev–Trinajstić information content (AvgIpc) is 3.09. The molecule has 9 heteroatoms. The number of carbonyl (C=O) groups excluding carboxylic acids is 1. The van der Waals surface area contributed by atoms with Gasteiger partial charge in [0.15, 0.2) is 11.5 Å². The van der Waals surface area contributed by atoms with E-state index in [0.717, 1.165) is 12.8 Å². The molecule has 4 rings (SSSR count). The molecule has 136 valence electrons. The fraction of sp³-hybridized carbons (Fsp3) is 0.562. The smallest absolute Gasteiger partial charge is 0.319 e. The molecule has 2 fully saturated rings. The number of rotatable bonds is 3. The topological polar surface area (TPSA) is 97.0 Å².